The predicted octanol–water partition coefficient (Wildman–Crippen LogP) is 4.61. The van der Waals surface area contributed by atoms with E-state index in [4.69, 9.17) is 9.73 Å². The molecule has 1 aromatic carbocycles. The van der Waals surface area contributed by atoms with Crippen molar-refractivity contribution in [3.05, 3.63) is 48.1 Å². The lowest BCUT2D eigenvalue weighted by Crippen LogP contribution is -2.09. The van der Waals surface area contributed by atoms with Gasteiger partial charge in [-0.1, -0.05) is 44.1 Å². The molecule has 2 rings (SSSR count). The Kier molecular flexibility index (Phi) is 9.00. The van der Waals surface area contributed by atoms with Crippen LogP contribution in [0.1, 0.15) is 50.2 Å². The molecule has 0 bridgehead atoms. The van der Waals surface area contributed by atoms with Gasteiger partial charge < -0.3 is 10.5 Å². The molecular weight excluding hydrogens is 284 g/mol. The highest BCUT2D eigenvalue weighted by atomic mass is 16.5. The van der Waals surface area contributed by atoms with Crippen LogP contribution in [0.5, 0.6) is 5.75 Å². The second-order valence-corrected chi connectivity index (χ2v) is 5.55. The predicted molar refractivity (Wildman–Crippen MR) is 101 cm³/mol. The van der Waals surface area contributed by atoms with Crippen molar-refractivity contribution in [1.29, 1.82) is 0 Å². The Balaban J connectivity index is 0.00000127. The van der Waals surface area contributed by atoms with E-state index in [2.05, 4.69) is 18.4 Å². The zero-order chi connectivity index (χ0) is 17.1. The third-order valence-corrected chi connectivity index (χ3v) is 3.97. The second-order valence-electron chi connectivity index (χ2n) is 5.55. The number of aliphatic imine (C=N–C) groups is 1. The third kappa shape index (κ3) is 6.03. The Bertz CT molecular complexity index is 541. The highest BCUT2D eigenvalue weighted by molar-refractivity contribution is 5.86. The summed E-state index contributed by atoms with van der Waals surface area (Å²) in [6.45, 7) is 6.09. The van der Waals surface area contributed by atoms with Crippen molar-refractivity contribution in [2.24, 2.45) is 10.7 Å². The van der Waals surface area contributed by atoms with Crippen molar-refractivity contribution >= 4 is 11.8 Å². The number of benzene rings is 1. The minimum absolute atomic E-state index is 0.478. The molecule has 0 aliphatic heterocycles. The van der Waals surface area contributed by atoms with Gasteiger partial charge in [0.1, 0.15) is 5.75 Å². The first-order chi connectivity index (χ1) is 11.2. The minimum atomic E-state index is 0.478. The molecule has 0 heterocycles. The van der Waals surface area contributed by atoms with Crippen molar-refractivity contribution in [2.45, 2.75) is 45.1 Å². The van der Waals surface area contributed by atoms with E-state index in [1.807, 2.05) is 37.4 Å². The maximum atomic E-state index is 5.44. The number of ether oxygens (including phenoxy) is 1. The average molecular weight is 314 g/mol. The molecule has 0 aromatic heterocycles. The molecule has 1 aliphatic rings. The number of nitrogens with two attached hydrogens (primary N) is 1. The number of nitrogens with zero attached hydrogens (tertiary/aromatic N) is 1. The number of hydrogen-bond donors (Lipinski definition) is 1. The summed E-state index contributed by atoms with van der Waals surface area (Å²) in [5.74, 6) is 0.867. The lowest BCUT2D eigenvalue weighted by Gasteiger charge is -2.17. The Labute approximate surface area is 141 Å². The smallest absolute Gasteiger partial charge is 0.127 e. The lowest BCUT2D eigenvalue weighted by molar-refractivity contribution is 0.414. The summed E-state index contributed by atoms with van der Waals surface area (Å²) in [6.07, 6.45) is 12.4. The van der Waals surface area contributed by atoms with Crippen molar-refractivity contribution in [3.8, 4) is 5.75 Å². The zero-order valence-corrected chi connectivity index (χ0v) is 14.7. The van der Waals surface area contributed by atoms with E-state index in [-0.39, 0.29) is 0 Å². The Morgan fingerprint density at radius 1 is 1.26 bits per heavy atom. The van der Waals surface area contributed by atoms with E-state index < -0.39 is 0 Å². The summed E-state index contributed by atoms with van der Waals surface area (Å²) in [7, 11) is 3.20. The van der Waals surface area contributed by atoms with Crippen LogP contribution in [0.4, 0.5) is 0 Å². The van der Waals surface area contributed by atoms with Gasteiger partial charge >= 0.3 is 0 Å². The molecule has 126 valence electrons. The molecule has 0 saturated heterocycles. The summed E-state index contributed by atoms with van der Waals surface area (Å²) in [5.41, 5.74) is 7.65. The maximum absolute atomic E-state index is 5.44. The van der Waals surface area contributed by atoms with Gasteiger partial charge in [0.2, 0.25) is 0 Å². The van der Waals surface area contributed by atoms with Crippen molar-refractivity contribution in [2.75, 3.05) is 14.2 Å². The second kappa shape index (κ2) is 10.8. The summed E-state index contributed by atoms with van der Waals surface area (Å²) in [6, 6.07) is 6.62. The quantitative estimate of drug-likeness (QED) is 0.637. The van der Waals surface area contributed by atoms with Gasteiger partial charge in [-0.25, -0.2) is 0 Å². The normalized spacial score (nSPS) is 15.5. The third-order valence-electron chi connectivity index (χ3n) is 3.97. The summed E-state index contributed by atoms with van der Waals surface area (Å²) in [5, 5.41) is 0. The minimum Gasteiger partial charge on any atom is -0.496 e. The lowest BCUT2D eigenvalue weighted by atomic mass is 9.96. The van der Waals surface area contributed by atoms with Gasteiger partial charge in [-0.05, 0) is 50.1 Å². The molecule has 1 aliphatic carbocycles. The summed E-state index contributed by atoms with van der Waals surface area (Å²) >= 11 is 0. The van der Waals surface area contributed by atoms with E-state index in [1.165, 1.54) is 39.2 Å². The Morgan fingerprint density at radius 2 is 1.96 bits per heavy atom. The SMILES string of the molecule is C=C(/C=C\C)c1ccc(OC)c(C=NC2CCCCC2)c1.CN. The monoisotopic (exact) mass is 314 g/mol. The van der Waals surface area contributed by atoms with Crippen LogP contribution in [0.2, 0.25) is 0 Å². The van der Waals surface area contributed by atoms with Gasteiger partial charge in [-0.15, -0.1) is 0 Å². The molecule has 0 atom stereocenters. The molecule has 3 nitrogen and oxygen atoms in total. The molecule has 0 spiro atoms. The van der Waals surface area contributed by atoms with Crippen molar-refractivity contribution in [3.63, 3.8) is 0 Å². The zero-order valence-electron chi connectivity index (χ0n) is 14.7. The number of methoxy groups -OCH3 is 1. The van der Waals surface area contributed by atoms with Crippen LogP contribution in [-0.4, -0.2) is 26.4 Å². The molecule has 0 unspecified atom stereocenters. The first kappa shape index (κ1) is 19.2. The Hall–Kier alpha value is -1.87. The van der Waals surface area contributed by atoms with Crippen LogP contribution in [0.15, 0.2) is 41.9 Å². The Morgan fingerprint density at radius 3 is 2.57 bits per heavy atom. The molecule has 1 fully saturated rings. The summed E-state index contributed by atoms with van der Waals surface area (Å²) in [4.78, 5) is 4.76. The fraction of sp³-hybridized carbons (Fsp3) is 0.450. The van der Waals surface area contributed by atoms with Crippen LogP contribution in [0.25, 0.3) is 5.57 Å². The molecule has 23 heavy (non-hydrogen) atoms. The van der Waals surface area contributed by atoms with Gasteiger partial charge in [0.05, 0.1) is 7.11 Å². The molecule has 1 saturated carbocycles. The molecular formula is C20H30N2O. The standard InChI is InChI=1S/C19H25NO.CH5N/c1-4-8-15(2)16-11-12-19(21-3)17(13-16)14-20-18-9-6-5-7-10-18;1-2/h4,8,11-14,18H,2,5-7,9-10H2,1,3H3;2H2,1H3/b8-4-,20-14?;. The first-order valence-corrected chi connectivity index (χ1v) is 8.35. The van der Waals surface area contributed by atoms with Gasteiger partial charge in [0.25, 0.3) is 0 Å². The van der Waals surface area contributed by atoms with E-state index in [1.54, 1.807) is 7.11 Å². The van der Waals surface area contributed by atoms with Crippen molar-refractivity contribution < 1.29 is 4.74 Å². The van der Waals surface area contributed by atoms with Crippen LogP contribution in [0.3, 0.4) is 0 Å². The van der Waals surface area contributed by atoms with Gasteiger partial charge in [0, 0.05) is 17.8 Å². The molecule has 2 N–H and O–H groups in total. The van der Waals surface area contributed by atoms with Crippen molar-refractivity contribution in [1.82, 2.24) is 0 Å². The van der Waals surface area contributed by atoms with Gasteiger partial charge in [0.15, 0.2) is 0 Å². The van der Waals surface area contributed by atoms with Crippen LogP contribution in [0, 0.1) is 0 Å². The van der Waals surface area contributed by atoms with E-state index >= 15 is 0 Å². The van der Waals surface area contributed by atoms with E-state index in [9.17, 15) is 0 Å². The highest BCUT2D eigenvalue weighted by Gasteiger charge is 2.11. The van der Waals surface area contributed by atoms with Crippen LogP contribution < -0.4 is 10.5 Å². The molecule has 3 heteroatoms. The van der Waals surface area contributed by atoms with Crippen LogP contribution in [-0.2, 0) is 0 Å². The molecule has 0 amide bonds. The number of hydrogen-bond acceptors (Lipinski definition) is 3. The average Bonchev–Trinajstić information content (AvgIpc) is 2.62. The molecule has 0 radical (unpaired) electrons. The first-order valence-electron chi connectivity index (χ1n) is 8.35. The van der Waals surface area contributed by atoms with E-state index in [0.29, 0.717) is 6.04 Å². The van der Waals surface area contributed by atoms with E-state index in [0.717, 1.165) is 22.4 Å². The maximum Gasteiger partial charge on any atom is 0.127 e. The fourth-order valence-corrected chi connectivity index (χ4v) is 2.75. The largest absolute Gasteiger partial charge is 0.496 e. The summed E-state index contributed by atoms with van der Waals surface area (Å²) < 4.78 is 5.44. The molecule has 1 aromatic rings. The number of allylic oxidation sites excluding steroid dienone is 3. The van der Waals surface area contributed by atoms with Gasteiger partial charge in [-0.3, -0.25) is 4.99 Å². The van der Waals surface area contributed by atoms with Crippen LogP contribution >= 0.6 is 0 Å². The highest BCUT2D eigenvalue weighted by Crippen LogP contribution is 2.24. The topological polar surface area (TPSA) is 47.6 Å². The fourth-order valence-electron chi connectivity index (χ4n) is 2.75. The van der Waals surface area contributed by atoms with Gasteiger partial charge in [-0.2, -0.15) is 0 Å². The number of rotatable bonds is 5.